The lowest BCUT2D eigenvalue weighted by atomic mass is 10.2. The number of aromatic hydroxyl groups is 1. The van der Waals surface area contributed by atoms with E-state index in [2.05, 4.69) is 10.6 Å². The van der Waals surface area contributed by atoms with E-state index in [9.17, 15) is 14.7 Å². The fourth-order valence-electron chi connectivity index (χ4n) is 1.70. The molecule has 2 rings (SSSR count). The molecule has 1 amide bonds. The summed E-state index contributed by atoms with van der Waals surface area (Å²) in [5.41, 5.74) is 0.122. The standard InChI is InChI=1S/C13H16N2O4/c16-11-4-3-9(5-10(11)13(18)19)15-12(17)7-14-6-8-1-2-8/h3-5,8,14,16H,1-2,6-7H2,(H,15,17)(H,18,19). The largest absolute Gasteiger partial charge is 0.507 e. The van der Waals surface area contributed by atoms with Gasteiger partial charge in [0, 0.05) is 5.69 Å². The zero-order valence-corrected chi connectivity index (χ0v) is 10.3. The van der Waals surface area contributed by atoms with Gasteiger partial charge in [0.05, 0.1) is 6.54 Å². The number of carboxylic acid groups (broad SMARTS) is 1. The lowest BCUT2D eigenvalue weighted by Gasteiger charge is -2.08. The number of hydrogen-bond acceptors (Lipinski definition) is 4. The van der Waals surface area contributed by atoms with Crippen LogP contribution in [0.1, 0.15) is 23.2 Å². The highest BCUT2D eigenvalue weighted by Crippen LogP contribution is 2.27. The minimum absolute atomic E-state index is 0.194. The number of carboxylic acids is 1. The summed E-state index contributed by atoms with van der Waals surface area (Å²) in [6, 6.07) is 3.94. The molecule has 0 aliphatic heterocycles. The predicted molar refractivity (Wildman–Crippen MR) is 69.3 cm³/mol. The molecule has 6 heteroatoms. The van der Waals surface area contributed by atoms with Crippen LogP contribution in [-0.4, -0.2) is 35.2 Å². The summed E-state index contributed by atoms with van der Waals surface area (Å²) in [5.74, 6) is -1.10. The van der Waals surface area contributed by atoms with Crippen LogP contribution in [0.2, 0.25) is 0 Å². The molecule has 1 fully saturated rings. The van der Waals surface area contributed by atoms with E-state index in [1.807, 2.05) is 0 Å². The third-order valence-electron chi connectivity index (χ3n) is 2.93. The average Bonchev–Trinajstić information content (AvgIpc) is 3.15. The van der Waals surface area contributed by atoms with Crippen LogP contribution >= 0.6 is 0 Å². The number of anilines is 1. The molecule has 0 heterocycles. The van der Waals surface area contributed by atoms with Crippen molar-refractivity contribution in [2.45, 2.75) is 12.8 Å². The monoisotopic (exact) mass is 264 g/mol. The van der Waals surface area contributed by atoms with Crippen molar-refractivity contribution in [3.8, 4) is 5.75 Å². The van der Waals surface area contributed by atoms with Gasteiger partial charge < -0.3 is 20.8 Å². The second-order valence-corrected chi connectivity index (χ2v) is 4.66. The predicted octanol–water partition coefficient (Wildman–Crippen LogP) is 1.03. The van der Waals surface area contributed by atoms with Crippen LogP contribution < -0.4 is 10.6 Å². The highest BCUT2D eigenvalue weighted by Gasteiger charge is 2.20. The summed E-state index contributed by atoms with van der Waals surface area (Å²) in [6.07, 6.45) is 2.43. The zero-order chi connectivity index (χ0) is 13.8. The van der Waals surface area contributed by atoms with Gasteiger partial charge >= 0.3 is 5.97 Å². The Morgan fingerprint density at radius 1 is 1.32 bits per heavy atom. The van der Waals surface area contributed by atoms with Crippen molar-refractivity contribution in [3.05, 3.63) is 23.8 Å². The number of amides is 1. The molecule has 0 radical (unpaired) electrons. The molecule has 102 valence electrons. The first-order chi connectivity index (χ1) is 9.06. The lowest BCUT2D eigenvalue weighted by Crippen LogP contribution is -2.29. The summed E-state index contributed by atoms with van der Waals surface area (Å²) in [7, 11) is 0. The second-order valence-electron chi connectivity index (χ2n) is 4.66. The van der Waals surface area contributed by atoms with Gasteiger partial charge in [-0.05, 0) is 43.5 Å². The Kier molecular flexibility index (Phi) is 4.01. The Labute approximate surface area is 110 Å². The van der Waals surface area contributed by atoms with Crippen molar-refractivity contribution in [1.29, 1.82) is 0 Å². The van der Waals surface area contributed by atoms with Crippen molar-refractivity contribution >= 4 is 17.6 Å². The lowest BCUT2D eigenvalue weighted by molar-refractivity contribution is -0.115. The van der Waals surface area contributed by atoms with E-state index in [1.165, 1.54) is 31.0 Å². The SMILES string of the molecule is O=C(CNCC1CC1)Nc1ccc(O)c(C(=O)O)c1. The van der Waals surface area contributed by atoms with E-state index in [-0.39, 0.29) is 23.8 Å². The van der Waals surface area contributed by atoms with Crippen LogP contribution in [0.15, 0.2) is 18.2 Å². The van der Waals surface area contributed by atoms with E-state index >= 15 is 0 Å². The molecule has 1 aliphatic carbocycles. The van der Waals surface area contributed by atoms with E-state index < -0.39 is 5.97 Å². The summed E-state index contributed by atoms with van der Waals surface area (Å²) >= 11 is 0. The molecule has 0 unspecified atom stereocenters. The Morgan fingerprint density at radius 2 is 2.05 bits per heavy atom. The van der Waals surface area contributed by atoms with Crippen LogP contribution in [-0.2, 0) is 4.79 Å². The normalized spacial score (nSPS) is 14.1. The van der Waals surface area contributed by atoms with Gasteiger partial charge in [-0.3, -0.25) is 4.79 Å². The fraction of sp³-hybridized carbons (Fsp3) is 0.385. The first-order valence-corrected chi connectivity index (χ1v) is 6.13. The third-order valence-corrected chi connectivity index (χ3v) is 2.93. The van der Waals surface area contributed by atoms with Crippen molar-refractivity contribution in [2.24, 2.45) is 5.92 Å². The topological polar surface area (TPSA) is 98.7 Å². The molecule has 1 saturated carbocycles. The molecule has 1 aromatic carbocycles. The minimum Gasteiger partial charge on any atom is -0.507 e. The van der Waals surface area contributed by atoms with Crippen LogP contribution in [0.5, 0.6) is 5.75 Å². The zero-order valence-electron chi connectivity index (χ0n) is 10.3. The molecule has 0 spiro atoms. The third kappa shape index (κ3) is 3.96. The first-order valence-electron chi connectivity index (χ1n) is 6.13. The van der Waals surface area contributed by atoms with Crippen molar-refractivity contribution in [1.82, 2.24) is 5.32 Å². The van der Waals surface area contributed by atoms with Gasteiger partial charge in [0.2, 0.25) is 5.91 Å². The van der Waals surface area contributed by atoms with Gasteiger partial charge in [-0.25, -0.2) is 4.79 Å². The number of benzene rings is 1. The minimum atomic E-state index is -1.24. The average molecular weight is 264 g/mol. The van der Waals surface area contributed by atoms with Crippen molar-refractivity contribution < 1.29 is 19.8 Å². The van der Waals surface area contributed by atoms with Crippen molar-refractivity contribution in [3.63, 3.8) is 0 Å². The Morgan fingerprint density at radius 3 is 2.68 bits per heavy atom. The highest BCUT2D eigenvalue weighted by molar-refractivity contribution is 5.96. The molecule has 0 saturated heterocycles. The molecular weight excluding hydrogens is 248 g/mol. The second kappa shape index (κ2) is 5.71. The Hall–Kier alpha value is -2.08. The van der Waals surface area contributed by atoms with Gasteiger partial charge in [-0.1, -0.05) is 0 Å². The fourth-order valence-corrected chi connectivity index (χ4v) is 1.70. The maximum absolute atomic E-state index is 11.6. The van der Waals surface area contributed by atoms with E-state index in [0.29, 0.717) is 11.6 Å². The number of rotatable bonds is 6. The maximum atomic E-state index is 11.6. The molecule has 1 aromatic rings. The molecule has 6 nitrogen and oxygen atoms in total. The molecule has 0 bridgehead atoms. The molecule has 1 aliphatic rings. The summed E-state index contributed by atoms with van der Waals surface area (Å²) < 4.78 is 0. The van der Waals surface area contributed by atoms with Gasteiger partial charge in [-0.15, -0.1) is 0 Å². The summed E-state index contributed by atoms with van der Waals surface area (Å²) in [5, 5.41) is 23.8. The number of aromatic carboxylic acids is 1. The number of nitrogens with one attached hydrogen (secondary N) is 2. The highest BCUT2D eigenvalue weighted by atomic mass is 16.4. The van der Waals surface area contributed by atoms with Crippen LogP contribution in [0.25, 0.3) is 0 Å². The van der Waals surface area contributed by atoms with E-state index in [0.717, 1.165) is 6.54 Å². The smallest absolute Gasteiger partial charge is 0.339 e. The molecule has 0 atom stereocenters. The molecule has 0 aromatic heterocycles. The van der Waals surface area contributed by atoms with Crippen LogP contribution in [0, 0.1) is 5.92 Å². The quantitative estimate of drug-likeness (QED) is 0.575. The van der Waals surface area contributed by atoms with E-state index in [4.69, 9.17) is 5.11 Å². The van der Waals surface area contributed by atoms with Gasteiger partial charge in [0.15, 0.2) is 0 Å². The Bertz CT molecular complexity index is 497. The summed E-state index contributed by atoms with van der Waals surface area (Å²) in [6.45, 7) is 1.03. The van der Waals surface area contributed by atoms with Gasteiger partial charge in [-0.2, -0.15) is 0 Å². The molecule has 19 heavy (non-hydrogen) atoms. The van der Waals surface area contributed by atoms with Crippen molar-refractivity contribution in [2.75, 3.05) is 18.4 Å². The number of carbonyl (C=O) groups is 2. The van der Waals surface area contributed by atoms with E-state index in [1.54, 1.807) is 0 Å². The summed E-state index contributed by atoms with van der Waals surface area (Å²) in [4.78, 5) is 22.4. The van der Waals surface area contributed by atoms with Crippen LogP contribution in [0.4, 0.5) is 5.69 Å². The number of hydrogen-bond donors (Lipinski definition) is 4. The number of carbonyl (C=O) groups excluding carboxylic acids is 1. The molecular formula is C13H16N2O4. The van der Waals surface area contributed by atoms with Gasteiger partial charge in [0.25, 0.3) is 0 Å². The van der Waals surface area contributed by atoms with Gasteiger partial charge in [0.1, 0.15) is 11.3 Å². The molecule has 4 N–H and O–H groups in total. The van der Waals surface area contributed by atoms with Crippen LogP contribution in [0.3, 0.4) is 0 Å². The number of phenols is 1. The first kappa shape index (κ1) is 13.4. The Balaban J connectivity index is 1.88. The maximum Gasteiger partial charge on any atom is 0.339 e.